The van der Waals surface area contributed by atoms with Crippen LogP contribution in [0, 0.1) is 5.41 Å². The molecule has 4 heteroatoms. The molecule has 19 heavy (non-hydrogen) atoms. The van der Waals surface area contributed by atoms with Gasteiger partial charge in [-0.1, -0.05) is 32.5 Å². The number of fused-ring (bicyclic) bond motifs is 1. The van der Waals surface area contributed by atoms with Gasteiger partial charge in [0.05, 0.1) is 5.37 Å². The lowest BCUT2D eigenvalue weighted by molar-refractivity contribution is 0.0726. The predicted octanol–water partition coefficient (Wildman–Crippen LogP) is 3.63. The molecule has 0 radical (unpaired) electrons. The number of hydrogen-bond acceptors (Lipinski definition) is 4. The van der Waals surface area contributed by atoms with Gasteiger partial charge in [-0.3, -0.25) is 0 Å². The molecule has 0 unspecified atom stereocenters. The first-order valence-electron chi connectivity index (χ1n) is 6.98. The Labute approximate surface area is 119 Å². The molecule has 1 saturated carbocycles. The van der Waals surface area contributed by atoms with Crippen molar-refractivity contribution in [3.05, 3.63) is 23.4 Å². The van der Waals surface area contributed by atoms with Crippen LogP contribution in [0.15, 0.2) is 12.3 Å². The molecular formula is C15H22N2OS. The van der Waals surface area contributed by atoms with Crippen LogP contribution in [0.5, 0.6) is 5.88 Å². The van der Waals surface area contributed by atoms with Gasteiger partial charge in [-0.05, 0) is 42.7 Å². The molecule has 0 aromatic carbocycles. The number of ether oxygens (including phenoxy) is 1. The molecule has 1 spiro atoms. The average Bonchev–Trinajstić information content (AvgIpc) is 2.25. The largest absolute Gasteiger partial charge is 0.460 e. The zero-order valence-corrected chi connectivity index (χ0v) is 12.7. The average molecular weight is 278 g/mol. The zero-order valence-electron chi connectivity index (χ0n) is 11.9. The molecule has 2 aliphatic rings. The highest BCUT2D eigenvalue weighted by Gasteiger charge is 2.46. The van der Waals surface area contributed by atoms with E-state index in [1.807, 2.05) is 6.20 Å². The fraction of sp³-hybridized carbons (Fsp3) is 0.667. The van der Waals surface area contributed by atoms with Gasteiger partial charge in [-0.15, -0.1) is 0 Å². The SMILES string of the molecule is CC(C)(C)Cc1cnc2c(c1)[C@@H](N)SC1(CCC1)O2. The molecule has 1 aromatic rings. The quantitative estimate of drug-likeness (QED) is 0.852. The lowest BCUT2D eigenvalue weighted by Gasteiger charge is -2.45. The van der Waals surface area contributed by atoms with Crippen LogP contribution in [-0.4, -0.2) is 9.92 Å². The van der Waals surface area contributed by atoms with Crippen molar-refractivity contribution in [1.29, 1.82) is 0 Å². The summed E-state index contributed by atoms with van der Waals surface area (Å²) in [5, 5.41) is -0.00327. The van der Waals surface area contributed by atoms with Gasteiger partial charge in [-0.2, -0.15) is 0 Å². The van der Waals surface area contributed by atoms with Crippen LogP contribution in [0.4, 0.5) is 0 Å². The second-order valence-corrected chi connectivity index (χ2v) is 8.37. The van der Waals surface area contributed by atoms with E-state index in [0.29, 0.717) is 0 Å². The number of pyridine rings is 1. The van der Waals surface area contributed by atoms with E-state index in [4.69, 9.17) is 10.5 Å². The van der Waals surface area contributed by atoms with E-state index in [0.717, 1.165) is 30.7 Å². The summed E-state index contributed by atoms with van der Waals surface area (Å²) in [5.74, 6) is 0.753. The molecule has 3 rings (SSSR count). The second kappa shape index (κ2) is 4.38. The van der Waals surface area contributed by atoms with Gasteiger partial charge in [0.25, 0.3) is 0 Å². The van der Waals surface area contributed by atoms with E-state index in [9.17, 15) is 0 Å². The van der Waals surface area contributed by atoms with Gasteiger partial charge in [0.2, 0.25) is 5.88 Å². The Bertz CT molecular complexity index is 491. The van der Waals surface area contributed by atoms with E-state index in [1.165, 1.54) is 12.0 Å². The fourth-order valence-corrected chi connectivity index (χ4v) is 4.10. The van der Waals surface area contributed by atoms with Crippen LogP contribution >= 0.6 is 11.8 Å². The Morgan fingerprint density at radius 3 is 2.79 bits per heavy atom. The van der Waals surface area contributed by atoms with Crippen LogP contribution in [0.3, 0.4) is 0 Å². The third-order valence-electron chi connectivity index (χ3n) is 3.72. The Kier molecular flexibility index (Phi) is 3.06. The van der Waals surface area contributed by atoms with Crippen molar-refractivity contribution < 1.29 is 4.74 Å². The standard InChI is InChI=1S/C15H22N2OS/c1-14(2,3)8-10-7-11-12(16)19-15(5-4-6-15)18-13(11)17-9-10/h7,9,12H,4-6,8,16H2,1-3H3/t12-/m0/s1. The Balaban J connectivity index is 1.87. The maximum Gasteiger partial charge on any atom is 0.220 e. The zero-order chi connectivity index (χ0) is 13.7. The van der Waals surface area contributed by atoms with Gasteiger partial charge in [0, 0.05) is 11.8 Å². The van der Waals surface area contributed by atoms with Crippen molar-refractivity contribution in [2.45, 2.75) is 56.8 Å². The highest BCUT2D eigenvalue weighted by molar-refractivity contribution is 8.00. The molecule has 104 valence electrons. The van der Waals surface area contributed by atoms with Crippen molar-refractivity contribution in [3.8, 4) is 5.88 Å². The number of aromatic nitrogens is 1. The molecule has 3 nitrogen and oxygen atoms in total. The van der Waals surface area contributed by atoms with E-state index in [1.54, 1.807) is 11.8 Å². The molecule has 0 bridgehead atoms. The minimum absolute atomic E-state index is 0.00327. The molecule has 1 aliphatic heterocycles. The van der Waals surface area contributed by atoms with Crippen LogP contribution < -0.4 is 10.5 Å². The summed E-state index contributed by atoms with van der Waals surface area (Å²) >= 11 is 1.76. The summed E-state index contributed by atoms with van der Waals surface area (Å²) in [6, 6.07) is 2.18. The van der Waals surface area contributed by atoms with Gasteiger partial charge < -0.3 is 10.5 Å². The normalized spacial score (nSPS) is 24.5. The lowest BCUT2D eigenvalue weighted by Crippen LogP contribution is -2.44. The van der Waals surface area contributed by atoms with Gasteiger partial charge in [0.15, 0.2) is 4.93 Å². The van der Waals surface area contributed by atoms with Crippen LogP contribution in [-0.2, 0) is 6.42 Å². The first-order valence-corrected chi connectivity index (χ1v) is 7.86. The molecule has 0 amide bonds. The van der Waals surface area contributed by atoms with Gasteiger partial charge in [-0.25, -0.2) is 4.98 Å². The molecule has 0 saturated heterocycles. The number of nitrogens with two attached hydrogens (primary N) is 1. The molecule has 1 fully saturated rings. The monoisotopic (exact) mass is 278 g/mol. The third-order valence-corrected chi connectivity index (χ3v) is 5.15. The summed E-state index contributed by atoms with van der Waals surface area (Å²) in [6.45, 7) is 6.71. The van der Waals surface area contributed by atoms with Crippen molar-refractivity contribution >= 4 is 11.8 Å². The maximum atomic E-state index is 6.31. The predicted molar refractivity (Wildman–Crippen MR) is 79.1 cm³/mol. The molecular weight excluding hydrogens is 256 g/mol. The van der Waals surface area contributed by atoms with Crippen molar-refractivity contribution in [2.75, 3.05) is 0 Å². The Hall–Kier alpha value is -0.740. The minimum Gasteiger partial charge on any atom is -0.460 e. The van der Waals surface area contributed by atoms with E-state index in [-0.39, 0.29) is 15.7 Å². The number of rotatable bonds is 1. The number of thioether (sulfide) groups is 1. The highest BCUT2D eigenvalue weighted by Crippen LogP contribution is 2.54. The summed E-state index contributed by atoms with van der Waals surface area (Å²) < 4.78 is 6.08. The van der Waals surface area contributed by atoms with Crippen LogP contribution in [0.1, 0.15) is 56.5 Å². The first kappa shape index (κ1) is 13.3. The van der Waals surface area contributed by atoms with Crippen LogP contribution in [0.25, 0.3) is 0 Å². The summed E-state index contributed by atoms with van der Waals surface area (Å²) in [4.78, 5) is 4.44. The smallest absolute Gasteiger partial charge is 0.220 e. The first-order chi connectivity index (χ1) is 8.87. The fourth-order valence-electron chi connectivity index (χ4n) is 2.69. The van der Waals surface area contributed by atoms with Crippen molar-refractivity contribution in [1.82, 2.24) is 4.98 Å². The molecule has 1 aliphatic carbocycles. The lowest BCUT2D eigenvalue weighted by atomic mass is 9.88. The van der Waals surface area contributed by atoms with Crippen molar-refractivity contribution in [3.63, 3.8) is 0 Å². The molecule has 1 aromatic heterocycles. The van der Waals surface area contributed by atoms with E-state index >= 15 is 0 Å². The topological polar surface area (TPSA) is 48.1 Å². The summed E-state index contributed by atoms with van der Waals surface area (Å²) in [6.07, 6.45) is 6.37. The minimum atomic E-state index is -0.0784. The van der Waals surface area contributed by atoms with Crippen LogP contribution in [0.2, 0.25) is 0 Å². The van der Waals surface area contributed by atoms with E-state index in [2.05, 4.69) is 31.8 Å². The van der Waals surface area contributed by atoms with Gasteiger partial charge >= 0.3 is 0 Å². The van der Waals surface area contributed by atoms with Crippen molar-refractivity contribution in [2.24, 2.45) is 11.1 Å². The molecule has 2 N–H and O–H groups in total. The van der Waals surface area contributed by atoms with E-state index < -0.39 is 0 Å². The number of nitrogens with zero attached hydrogens (tertiary/aromatic N) is 1. The maximum absolute atomic E-state index is 6.31. The summed E-state index contributed by atoms with van der Waals surface area (Å²) in [5.41, 5.74) is 8.87. The Morgan fingerprint density at radius 1 is 1.47 bits per heavy atom. The Morgan fingerprint density at radius 2 is 2.21 bits per heavy atom. The number of hydrogen-bond donors (Lipinski definition) is 1. The summed E-state index contributed by atoms with van der Waals surface area (Å²) in [7, 11) is 0. The van der Waals surface area contributed by atoms with Gasteiger partial charge in [0.1, 0.15) is 0 Å². The highest BCUT2D eigenvalue weighted by atomic mass is 32.2. The molecule has 2 heterocycles. The second-order valence-electron chi connectivity index (χ2n) is 6.88. The molecule has 1 atom stereocenters. The third kappa shape index (κ3) is 2.61.